The fourth-order valence-electron chi connectivity index (χ4n) is 19.4. The second-order valence-electron chi connectivity index (χ2n) is 30.0. The fourth-order valence-corrected chi connectivity index (χ4v) is 32.3. The van der Waals surface area contributed by atoms with Gasteiger partial charge in [0.2, 0.25) is 14.0 Å². The molecule has 0 aliphatic rings. The van der Waals surface area contributed by atoms with E-state index in [-0.39, 0.29) is 0 Å². The Kier molecular flexibility index (Phi) is 15.9. The summed E-state index contributed by atoms with van der Waals surface area (Å²) in [6, 6.07) is 149. The van der Waals surface area contributed by atoms with Crippen LogP contribution in [0.1, 0.15) is 0 Å². The Morgan fingerprint density at radius 1 is 0.224 bits per heavy atom. The van der Waals surface area contributed by atoms with Crippen molar-refractivity contribution in [2.45, 2.75) is 0 Å². The monoisotopic (exact) mass is 1550 g/mol. The summed E-state index contributed by atoms with van der Waals surface area (Å²) >= 11 is 3.81. The van der Waals surface area contributed by atoms with Crippen molar-refractivity contribution in [1.82, 2.24) is 33.2 Å². The molecule has 16 aromatic carbocycles. The molecule has 0 radical (unpaired) electrons. The summed E-state index contributed by atoms with van der Waals surface area (Å²) < 4.78 is 14.8. The molecule has 24 rings (SSSR count). The molecule has 0 atom stereocenters. The average Bonchev–Trinajstić information content (AvgIpc) is 1.49. The Bertz CT molecular complexity index is 7420. The highest BCUT2D eigenvalue weighted by molar-refractivity contribution is 7.31. The Morgan fingerprint density at radius 3 is 0.991 bits per heavy atom. The van der Waals surface area contributed by atoms with Crippen molar-refractivity contribution < 1.29 is 0 Å². The van der Waals surface area contributed by atoms with Gasteiger partial charge in [-0.1, -0.05) is 303 Å². The van der Waals surface area contributed by atoms with Crippen molar-refractivity contribution in [2.24, 2.45) is 0 Å². The lowest BCUT2D eigenvalue weighted by atomic mass is 10.1. The zero-order valence-electron chi connectivity index (χ0n) is 62.8. The van der Waals surface area contributed by atoms with Crippen LogP contribution in [0.5, 0.6) is 0 Å². The van der Waals surface area contributed by atoms with Crippen LogP contribution in [0.3, 0.4) is 0 Å². The van der Waals surface area contributed by atoms with Gasteiger partial charge >= 0.3 is 0 Å². The normalized spacial score (nSPS) is 12.1. The van der Waals surface area contributed by atoms with E-state index in [1.54, 1.807) is 0 Å². The van der Waals surface area contributed by atoms with E-state index in [9.17, 15) is 0 Å². The van der Waals surface area contributed by atoms with Gasteiger partial charge in [0.1, 0.15) is 5.82 Å². The smallest absolute Gasteiger partial charge is 0.234 e. The molecule has 0 unspecified atom stereocenters. The van der Waals surface area contributed by atoms with Crippen LogP contribution >= 0.6 is 22.7 Å². The van der Waals surface area contributed by atoms with Crippen molar-refractivity contribution >= 4 is 208 Å². The molecule has 0 spiro atoms. The number of hydrogen-bond donors (Lipinski definition) is 0. The lowest BCUT2D eigenvalue weighted by Crippen LogP contribution is -2.75. The average molecular weight is 1550 g/mol. The van der Waals surface area contributed by atoms with Gasteiger partial charge in [0.25, 0.3) is 0 Å². The van der Waals surface area contributed by atoms with Crippen molar-refractivity contribution in [3.63, 3.8) is 0 Å². The molecular formula is C105H69N7S2Si2. The molecule has 0 aliphatic heterocycles. The first kappa shape index (κ1) is 67.5. The van der Waals surface area contributed by atoms with Gasteiger partial charge in [-0.3, -0.25) is 9.13 Å². The van der Waals surface area contributed by atoms with Crippen LogP contribution in [0.25, 0.3) is 151 Å². The van der Waals surface area contributed by atoms with E-state index >= 15 is 0 Å². The van der Waals surface area contributed by atoms with Crippen LogP contribution in [0.4, 0.5) is 0 Å². The second kappa shape index (κ2) is 27.3. The van der Waals surface area contributed by atoms with Crippen LogP contribution in [0, 0.1) is 0 Å². The van der Waals surface area contributed by atoms with Gasteiger partial charge in [0.15, 0.2) is 8.07 Å². The quantitative estimate of drug-likeness (QED) is 0.0905. The van der Waals surface area contributed by atoms with Crippen LogP contribution < -0.4 is 41.6 Å². The number of nitrogens with zero attached hydrogens (tertiary/aromatic N) is 7. The molecule has 116 heavy (non-hydrogen) atoms. The fraction of sp³-hybridized carbons (Fsp3) is 0. The van der Waals surface area contributed by atoms with Gasteiger partial charge in [0.05, 0.1) is 44.1 Å². The van der Waals surface area contributed by atoms with E-state index in [0.29, 0.717) is 5.95 Å². The van der Waals surface area contributed by atoms with E-state index in [1.807, 2.05) is 35.1 Å². The summed E-state index contributed by atoms with van der Waals surface area (Å²) in [5.74, 6) is 1.59. The molecule has 8 heterocycles. The third-order valence-electron chi connectivity index (χ3n) is 24.1. The first-order chi connectivity index (χ1) is 57.6. The largest absolute Gasteiger partial charge is 0.309 e. The van der Waals surface area contributed by atoms with Crippen LogP contribution in [0.15, 0.2) is 419 Å². The topological polar surface area (TPSA) is 58.4 Å². The molecule has 8 aromatic heterocycles. The molecule has 0 aliphatic carbocycles. The molecule has 0 fully saturated rings. The molecule has 11 heteroatoms. The SMILES string of the molecule is c1ccc(-n2c3ccccc3c3c4c5ccccc5n(-c5cc([Si](c6ccccc6)(c6ccccc6)c6cccc7c6sc6ccccc67)ccn5)c4ccc32)cc1.c1ccc(-n2c3ccccc3c3c4c5ccccc5n(-c5nccc([Si](c6ccccc6)(c6ccccc6)c6cccc7c6sc6ccccc67)n5)c4ccc32)cc1. The van der Waals surface area contributed by atoms with Crippen molar-refractivity contribution in [3.05, 3.63) is 419 Å². The van der Waals surface area contributed by atoms with Crippen molar-refractivity contribution in [3.8, 4) is 23.1 Å². The molecule has 544 valence electrons. The number of aromatic nitrogens is 7. The molecule has 7 nitrogen and oxygen atoms in total. The van der Waals surface area contributed by atoms with E-state index in [2.05, 4.69) is 425 Å². The minimum atomic E-state index is -3.08. The minimum Gasteiger partial charge on any atom is -0.309 e. The number of pyridine rings is 1. The number of rotatable bonds is 12. The highest BCUT2D eigenvalue weighted by Gasteiger charge is 2.46. The molecule has 0 N–H and O–H groups in total. The predicted molar refractivity (Wildman–Crippen MR) is 497 cm³/mol. The van der Waals surface area contributed by atoms with Crippen LogP contribution in [0.2, 0.25) is 0 Å². The maximum atomic E-state index is 5.79. The third-order valence-corrected chi connectivity index (χ3v) is 36.3. The number of thiophene rings is 2. The van der Waals surface area contributed by atoms with Crippen molar-refractivity contribution in [1.29, 1.82) is 0 Å². The first-order valence-electron chi connectivity index (χ1n) is 39.5. The van der Waals surface area contributed by atoms with E-state index in [0.717, 1.165) is 44.6 Å². The molecular weight excluding hydrogens is 1480 g/mol. The summed E-state index contributed by atoms with van der Waals surface area (Å²) in [6.45, 7) is 0. The molecule has 24 aromatic rings. The Morgan fingerprint density at radius 2 is 0.552 bits per heavy atom. The summed E-state index contributed by atoms with van der Waals surface area (Å²) in [5.41, 5.74) is 11.5. The molecule has 0 saturated carbocycles. The Balaban J connectivity index is 0.000000137. The second-order valence-corrected chi connectivity index (χ2v) is 39.5. The summed E-state index contributed by atoms with van der Waals surface area (Å²) in [7, 11) is -6.04. The van der Waals surface area contributed by atoms with Gasteiger partial charge in [-0.2, -0.15) is 0 Å². The summed E-state index contributed by atoms with van der Waals surface area (Å²) in [5, 5.41) is 25.4. The summed E-state index contributed by atoms with van der Waals surface area (Å²) in [6.07, 6.45) is 4.03. The maximum Gasteiger partial charge on any atom is 0.234 e. The minimum absolute atomic E-state index is 0.669. The van der Waals surface area contributed by atoms with Gasteiger partial charge < -0.3 is 9.13 Å². The number of para-hydroxylation sites is 6. The third kappa shape index (κ3) is 10.2. The summed E-state index contributed by atoms with van der Waals surface area (Å²) in [4.78, 5) is 16.2. The predicted octanol–water partition coefficient (Wildman–Crippen LogP) is 21.4. The van der Waals surface area contributed by atoms with Crippen molar-refractivity contribution in [2.75, 3.05) is 0 Å². The van der Waals surface area contributed by atoms with E-state index in [1.165, 1.54) is 142 Å². The Hall–Kier alpha value is -14.2. The van der Waals surface area contributed by atoms with Crippen LogP contribution in [-0.4, -0.2) is 49.4 Å². The molecule has 0 bridgehead atoms. The molecule has 0 amide bonds. The number of benzene rings is 16. The highest BCUT2D eigenvalue weighted by Crippen LogP contribution is 2.45. The standard InChI is InChI=1S/C53H35N3SSi.C52H34N4SSi/c1-4-17-36(18-5-1)55-44-27-13-10-24-42(44)51-46(55)31-32-47-52(51)43-25-11-14-28-45(43)56(47)50-35-39(33-34-54-50)58(37-19-6-2-7-20-37,38-21-8-3-9-22-38)49-30-16-26-41-40-23-12-15-29-48(40)57-53(41)49;1-4-17-35(18-5-1)55-42-27-13-10-24-40(42)49-44(55)31-32-45-50(49)41-25-11-14-28-43(41)56(45)52-53-34-33-48(54-52)58(36-19-6-2-7-20-36,37-21-8-3-9-22-37)47-30-16-26-39-38-23-12-15-29-46(38)57-51(39)47/h1-35H;1-34H. The number of fused-ring (bicyclic) bond motifs is 20. The van der Waals surface area contributed by atoms with Gasteiger partial charge in [-0.15, -0.1) is 22.7 Å². The maximum absolute atomic E-state index is 5.79. The lowest BCUT2D eigenvalue weighted by molar-refractivity contribution is 1.000. The number of hydrogen-bond acceptors (Lipinski definition) is 5. The van der Waals surface area contributed by atoms with Gasteiger partial charge in [-0.05, 0) is 139 Å². The first-order valence-corrected chi connectivity index (χ1v) is 45.1. The van der Waals surface area contributed by atoms with E-state index in [4.69, 9.17) is 15.0 Å². The van der Waals surface area contributed by atoms with Gasteiger partial charge in [-0.25, -0.2) is 15.0 Å². The van der Waals surface area contributed by atoms with Crippen LogP contribution in [-0.2, 0) is 0 Å². The molecule has 0 saturated heterocycles. The zero-order chi connectivity index (χ0) is 76.4. The Labute approximate surface area is 678 Å². The van der Waals surface area contributed by atoms with Gasteiger partial charge in [0, 0.05) is 113 Å². The van der Waals surface area contributed by atoms with E-state index < -0.39 is 16.1 Å². The lowest BCUT2D eigenvalue weighted by Gasteiger charge is -2.35. The zero-order valence-corrected chi connectivity index (χ0v) is 66.4. The highest BCUT2D eigenvalue weighted by atomic mass is 32.1.